The molecule has 2 aromatic rings. The van der Waals surface area contributed by atoms with E-state index in [1.165, 1.54) is 7.11 Å². The Morgan fingerprint density at radius 2 is 1.77 bits per heavy atom. The molecule has 2 unspecified atom stereocenters. The Balaban J connectivity index is 2.21. The average molecular weight is 524 g/mol. The van der Waals surface area contributed by atoms with Crippen molar-refractivity contribution in [2.24, 2.45) is 0 Å². The van der Waals surface area contributed by atoms with Crippen molar-refractivity contribution in [2.75, 3.05) is 19.9 Å². The molecule has 0 spiro atoms. The van der Waals surface area contributed by atoms with E-state index in [-0.39, 0.29) is 25.6 Å². The number of carbonyl (C=O) groups excluding carboxylic acids is 1. The van der Waals surface area contributed by atoms with E-state index in [2.05, 4.69) is 4.72 Å². The zero-order valence-electron chi connectivity index (χ0n) is 21.3. The summed E-state index contributed by atoms with van der Waals surface area (Å²) in [7, 11) is -2.04. The predicted molar refractivity (Wildman–Crippen MR) is 141 cm³/mol. The second-order valence-corrected chi connectivity index (χ2v) is 13.9. The molecule has 0 aliphatic heterocycles. The quantitative estimate of drug-likeness (QED) is 0.200. The van der Waals surface area contributed by atoms with Gasteiger partial charge >= 0.3 is 5.97 Å². The summed E-state index contributed by atoms with van der Waals surface area (Å²) in [5.74, 6) is -0.447. The summed E-state index contributed by atoms with van der Waals surface area (Å²) in [5, 5.41) is 0. The standard InChI is InChI=1S/C26H38NO6PS/c1-6-33-34(29,24(16-17-25(28)31-5)27-35(30)26(2,3)4)19-18-22-14-10-11-15-23(22)32-20-21-12-8-7-9-13-21/h7-15,24,27H,6,16-20H2,1-5H3/t24?,34?,35-/m0/s1. The molecule has 35 heavy (non-hydrogen) atoms. The van der Waals surface area contributed by atoms with Crippen LogP contribution in [0.15, 0.2) is 54.6 Å². The van der Waals surface area contributed by atoms with Gasteiger partial charge in [-0.25, -0.2) is 0 Å². The molecule has 3 atom stereocenters. The maximum absolute atomic E-state index is 14.1. The van der Waals surface area contributed by atoms with E-state index in [1.54, 1.807) is 6.92 Å². The van der Waals surface area contributed by atoms with Crippen LogP contribution in [0, 0.1) is 0 Å². The number of ether oxygens (including phenoxy) is 2. The molecule has 1 N–H and O–H groups in total. The molecule has 9 heteroatoms. The topological polar surface area (TPSA) is 96.9 Å². The van der Waals surface area contributed by atoms with Crippen LogP contribution in [0.2, 0.25) is 0 Å². The summed E-state index contributed by atoms with van der Waals surface area (Å²) < 4.78 is 46.1. The van der Waals surface area contributed by atoms with E-state index in [4.69, 9.17) is 14.0 Å². The van der Waals surface area contributed by atoms with Gasteiger partial charge in [-0.15, -0.1) is 4.72 Å². The molecule has 0 saturated carbocycles. The molecule has 0 aliphatic carbocycles. The van der Waals surface area contributed by atoms with E-state index in [0.717, 1.165) is 16.9 Å². The largest absolute Gasteiger partial charge is 0.598 e. The van der Waals surface area contributed by atoms with Crippen molar-refractivity contribution in [3.63, 3.8) is 0 Å². The first-order valence-corrected chi connectivity index (χ1v) is 14.8. The highest BCUT2D eigenvalue weighted by Gasteiger charge is 2.40. The number of nitrogens with one attached hydrogen (secondary N) is 1. The van der Waals surface area contributed by atoms with Gasteiger partial charge in [0, 0.05) is 23.9 Å². The molecule has 0 saturated heterocycles. The Kier molecular flexibility index (Phi) is 11.8. The van der Waals surface area contributed by atoms with Crippen LogP contribution in [-0.2, 0) is 43.0 Å². The average Bonchev–Trinajstić information content (AvgIpc) is 2.84. The van der Waals surface area contributed by atoms with Gasteiger partial charge in [-0.05, 0) is 57.7 Å². The number of methoxy groups -OCH3 is 1. The van der Waals surface area contributed by atoms with E-state index in [9.17, 15) is 13.9 Å². The minimum atomic E-state index is -3.35. The van der Waals surface area contributed by atoms with Crippen LogP contribution in [0.5, 0.6) is 5.75 Å². The number of rotatable bonds is 14. The SMILES string of the molecule is CCOP(=O)(CCc1ccccc1OCc1ccccc1)C(CCC(=O)OC)N[S@@+]([O-])C(C)(C)C. The maximum atomic E-state index is 14.1. The predicted octanol–water partition coefficient (Wildman–Crippen LogP) is 5.45. The molecule has 194 valence electrons. The van der Waals surface area contributed by atoms with Gasteiger partial charge in [0.25, 0.3) is 0 Å². The zero-order chi connectivity index (χ0) is 25.9. The van der Waals surface area contributed by atoms with Crippen LogP contribution in [0.4, 0.5) is 0 Å². The summed E-state index contributed by atoms with van der Waals surface area (Å²) in [6, 6.07) is 17.5. The van der Waals surface area contributed by atoms with Gasteiger partial charge < -0.3 is 18.6 Å². The molecule has 0 aliphatic rings. The third-order valence-electron chi connectivity index (χ3n) is 5.37. The Bertz CT molecular complexity index is 966. The number of aryl methyl sites for hydroxylation is 1. The van der Waals surface area contributed by atoms with Crippen LogP contribution in [-0.4, -0.2) is 40.9 Å². The van der Waals surface area contributed by atoms with Gasteiger partial charge in [0.2, 0.25) is 7.37 Å². The fraction of sp³-hybridized carbons (Fsp3) is 0.500. The summed E-state index contributed by atoms with van der Waals surface area (Å²) in [5.41, 5.74) is 1.96. The smallest absolute Gasteiger partial charge is 0.305 e. The molecule has 0 amide bonds. The van der Waals surface area contributed by atoms with Crippen LogP contribution in [0.1, 0.15) is 51.7 Å². The molecule has 2 rings (SSSR count). The van der Waals surface area contributed by atoms with Gasteiger partial charge in [0.05, 0.1) is 13.7 Å². The lowest BCUT2D eigenvalue weighted by atomic mass is 10.1. The van der Waals surface area contributed by atoms with Crippen molar-refractivity contribution >= 4 is 24.7 Å². The van der Waals surface area contributed by atoms with E-state index in [1.807, 2.05) is 75.4 Å². The molecule has 0 aromatic heterocycles. The Morgan fingerprint density at radius 3 is 2.40 bits per heavy atom. The first-order chi connectivity index (χ1) is 16.6. The zero-order valence-corrected chi connectivity index (χ0v) is 23.0. The normalized spacial score (nSPS) is 15.1. The van der Waals surface area contributed by atoms with Crippen molar-refractivity contribution in [1.82, 2.24) is 4.72 Å². The lowest BCUT2D eigenvalue weighted by Gasteiger charge is -2.32. The first kappa shape index (κ1) is 29.4. The summed E-state index contributed by atoms with van der Waals surface area (Å²) in [6.45, 7) is 7.94. The fourth-order valence-electron chi connectivity index (χ4n) is 3.38. The molecule has 0 radical (unpaired) electrons. The van der Waals surface area contributed by atoms with Crippen molar-refractivity contribution < 1.29 is 27.9 Å². The van der Waals surface area contributed by atoms with E-state index in [0.29, 0.717) is 13.0 Å². The Labute approximate surface area is 212 Å². The lowest BCUT2D eigenvalue weighted by molar-refractivity contribution is -0.140. The minimum absolute atomic E-state index is 0.0450. The number of benzene rings is 2. The van der Waals surface area contributed by atoms with E-state index >= 15 is 0 Å². The molecule has 7 nitrogen and oxygen atoms in total. The summed E-state index contributed by atoms with van der Waals surface area (Å²) in [4.78, 5) is 11.8. The maximum Gasteiger partial charge on any atom is 0.305 e. The molecular formula is C26H38NO6PS. The van der Waals surface area contributed by atoms with Crippen molar-refractivity contribution in [2.45, 2.75) is 64.1 Å². The van der Waals surface area contributed by atoms with Crippen LogP contribution in [0.3, 0.4) is 0 Å². The second-order valence-electron chi connectivity index (χ2n) is 9.13. The van der Waals surface area contributed by atoms with Crippen LogP contribution >= 0.6 is 7.37 Å². The third kappa shape index (κ3) is 9.62. The van der Waals surface area contributed by atoms with Crippen molar-refractivity contribution in [1.29, 1.82) is 0 Å². The van der Waals surface area contributed by atoms with E-state index < -0.39 is 35.2 Å². The Morgan fingerprint density at radius 1 is 1.11 bits per heavy atom. The Hall–Kier alpha value is -1.83. The highest BCUT2D eigenvalue weighted by atomic mass is 32.2. The van der Waals surface area contributed by atoms with Crippen LogP contribution < -0.4 is 9.46 Å². The molecular weight excluding hydrogens is 485 g/mol. The second kappa shape index (κ2) is 14.0. The number of hydrogen-bond donors (Lipinski definition) is 1. The van der Waals surface area contributed by atoms with Crippen LogP contribution in [0.25, 0.3) is 0 Å². The highest BCUT2D eigenvalue weighted by Crippen LogP contribution is 2.53. The van der Waals surface area contributed by atoms with Gasteiger partial charge in [-0.2, -0.15) is 0 Å². The molecule has 0 heterocycles. The summed E-state index contributed by atoms with van der Waals surface area (Å²) >= 11 is -1.49. The first-order valence-electron chi connectivity index (χ1n) is 11.8. The monoisotopic (exact) mass is 523 g/mol. The molecule has 0 fully saturated rings. The number of hydrogen-bond acceptors (Lipinski definition) is 7. The fourth-order valence-corrected chi connectivity index (χ4v) is 7.17. The summed E-state index contributed by atoms with van der Waals surface area (Å²) in [6.07, 6.45) is 0.898. The minimum Gasteiger partial charge on any atom is -0.598 e. The molecule has 2 aromatic carbocycles. The van der Waals surface area contributed by atoms with Crippen molar-refractivity contribution in [3.05, 3.63) is 65.7 Å². The van der Waals surface area contributed by atoms with Gasteiger partial charge in [0.1, 0.15) is 22.9 Å². The van der Waals surface area contributed by atoms with Crippen molar-refractivity contribution in [3.8, 4) is 5.75 Å². The van der Waals surface area contributed by atoms with Gasteiger partial charge in [-0.1, -0.05) is 48.5 Å². The third-order valence-corrected chi connectivity index (χ3v) is 10.0. The van der Waals surface area contributed by atoms with Gasteiger partial charge in [-0.3, -0.25) is 9.36 Å². The number of para-hydroxylation sites is 1. The number of esters is 1. The number of carbonyl (C=O) groups is 1. The van der Waals surface area contributed by atoms with Gasteiger partial charge in [0.15, 0.2) is 0 Å². The highest BCUT2D eigenvalue weighted by molar-refractivity contribution is 7.91. The lowest BCUT2D eigenvalue weighted by Crippen LogP contribution is -2.45. The molecule has 0 bridgehead atoms.